The molecule has 8 heteroatoms. The van der Waals surface area contributed by atoms with E-state index in [0.717, 1.165) is 18.2 Å². The van der Waals surface area contributed by atoms with Gasteiger partial charge in [-0.2, -0.15) is 13.2 Å². The monoisotopic (exact) mass is 307 g/mol. The fourth-order valence-electron chi connectivity index (χ4n) is 1.74. The van der Waals surface area contributed by atoms with Crippen molar-refractivity contribution in [1.29, 1.82) is 0 Å². The van der Waals surface area contributed by atoms with Gasteiger partial charge in [0.2, 0.25) is 0 Å². The number of hydrogen-bond acceptors (Lipinski definition) is 4. The molecule has 1 aromatic carbocycles. The molecule has 5 nitrogen and oxygen atoms in total. The minimum atomic E-state index is -4.72. The molecule has 3 N–H and O–H groups in total. The van der Waals surface area contributed by atoms with Crippen molar-refractivity contribution in [2.75, 3.05) is 25.6 Å². The van der Waals surface area contributed by atoms with E-state index in [-0.39, 0.29) is 18.8 Å². The summed E-state index contributed by atoms with van der Waals surface area (Å²) < 4.78 is 42.7. The zero-order valence-corrected chi connectivity index (χ0v) is 11.3. The summed E-state index contributed by atoms with van der Waals surface area (Å²) in [6, 6.07) is 2.79. The number of carbonyl (C=O) groups is 1. The summed E-state index contributed by atoms with van der Waals surface area (Å²) >= 11 is 0. The molecule has 0 aliphatic rings. The number of ether oxygens (including phenoxy) is 1. The number of aliphatic hydroxyl groups excluding tert-OH is 1. The summed E-state index contributed by atoms with van der Waals surface area (Å²) in [6.07, 6.45) is -5.10. The fourth-order valence-corrected chi connectivity index (χ4v) is 1.74. The number of aromatic carboxylic acids is 1. The highest BCUT2D eigenvalue weighted by Gasteiger charge is 2.35. The second-order valence-electron chi connectivity index (χ2n) is 4.39. The number of hydrogen-bond donors (Lipinski definition) is 3. The van der Waals surface area contributed by atoms with E-state index < -0.39 is 29.4 Å². The summed E-state index contributed by atoms with van der Waals surface area (Å²) in [5, 5.41) is 21.0. The van der Waals surface area contributed by atoms with E-state index in [2.05, 4.69) is 5.32 Å². The molecule has 1 rings (SSSR count). The maximum atomic E-state index is 12.7. The number of carboxylic acid groups (broad SMARTS) is 1. The minimum absolute atomic E-state index is 0.148. The molecule has 1 unspecified atom stereocenters. The lowest BCUT2D eigenvalue weighted by atomic mass is 10.1. The first-order valence-electron chi connectivity index (χ1n) is 6.11. The number of alkyl halides is 3. The molecule has 0 spiro atoms. The lowest BCUT2D eigenvalue weighted by molar-refractivity contribution is -0.138. The Balaban J connectivity index is 2.78. The van der Waals surface area contributed by atoms with E-state index in [4.69, 9.17) is 9.84 Å². The van der Waals surface area contributed by atoms with Crippen LogP contribution in [0.5, 0.6) is 0 Å². The van der Waals surface area contributed by atoms with Crippen LogP contribution in [-0.2, 0) is 10.9 Å². The molecule has 1 atom stereocenters. The zero-order chi connectivity index (χ0) is 16.0. The molecule has 0 fully saturated rings. The highest BCUT2D eigenvalue weighted by molar-refractivity contribution is 5.91. The molecule has 0 radical (unpaired) electrons. The number of benzene rings is 1. The van der Waals surface area contributed by atoms with Gasteiger partial charge in [-0.3, -0.25) is 0 Å². The minimum Gasteiger partial charge on any atom is -0.478 e. The molecule has 0 heterocycles. The van der Waals surface area contributed by atoms with Crippen LogP contribution in [0.3, 0.4) is 0 Å². The lowest BCUT2D eigenvalue weighted by Gasteiger charge is -2.14. The molecule has 0 bridgehead atoms. The predicted molar refractivity (Wildman–Crippen MR) is 69.4 cm³/mol. The Bertz CT molecular complexity index is 491. The predicted octanol–water partition coefficient (Wildman–Crippen LogP) is 2.21. The Kier molecular flexibility index (Phi) is 5.98. The molecule has 0 aliphatic heterocycles. The number of nitrogens with one attached hydrogen (secondary N) is 1. The van der Waals surface area contributed by atoms with E-state index in [0.29, 0.717) is 6.42 Å². The van der Waals surface area contributed by atoms with Crippen LogP contribution in [-0.4, -0.2) is 42.5 Å². The highest BCUT2D eigenvalue weighted by atomic mass is 19.4. The van der Waals surface area contributed by atoms with Crippen molar-refractivity contribution in [3.8, 4) is 0 Å². The molecule has 0 aromatic heterocycles. The largest absolute Gasteiger partial charge is 0.478 e. The first-order chi connectivity index (χ1) is 9.75. The van der Waals surface area contributed by atoms with E-state index >= 15 is 0 Å². The summed E-state index contributed by atoms with van der Waals surface area (Å²) in [5.74, 6) is -1.65. The normalized spacial score (nSPS) is 13.0. The van der Waals surface area contributed by atoms with Crippen molar-refractivity contribution in [3.63, 3.8) is 0 Å². The Morgan fingerprint density at radius 3 is 2.62 bits per heavy atom. The SMILES string of the molecule is COCC(O)CCNc1ccc(C(F)(F)F)c(C(=O)O)c1. The van der Waals surface area contributed by atoms with Crippen molar-refractivity contribution in [2.24, 2.45) is 0 Å². The summed E-state index contributed by atoms with van der Waals surface area (Å²) in [5.41, 5.74) is -1.77. The Morgan fingerprint density at radius 1 is 1.43 bits per heavy atom. The van der Waals surface area contributed by atoms with Crippen molar-refractivity contribution in [2.45, 2.75) is 18.7 Å². The van der Waals surface area contributed by atoms with E-state index in [1.165, 1.54) is 7.11 Å². The molecule has 0 aliphatic carbocycles. The molecule has 0 saturated heterocycles. The maximum absolute atomic E-state index is 12.7. The van der Waals surface area contributed by atoms with Crippen LogP contribution in [0, 0.1) is 0 Å². The first kappa shape index (κ1) is 17.3. The quantitative estimate of drug-likeness (QED) is 0.720. The van der Waals surface area contributed by atoms with Gasteiger partial charge in [-0.15, -0.1) is 0 Å². The van der Waals surface area contributed by atoms with E-state index in [1.54, 1.807) is 0 Å². The maximum Gasteiger partial charge on any atom is 0.417 e. The molecule has 1 aromatic rings. The number of halogens is 3. The standard InChI is InChI=1S/C13H16F3NO4/c1-21-7-9(18)4-5-17-8-2-3-11(13(14,15)16)10(6-8)12(19)20/h2-3,6,9,17-18H,4-5,7H2,1H3,(H,19,20). The zero-order valence-electron chi connectivity index (χ0n) is 11.3. The van der Waals surface area contributed by atoms with Crippen LogP contribution in [0.2, 0.25) is 0 Å². The van der Waals surface area contributed by atoms with Crippen molar-refractivity contribution < 1.29 is 32.9 Å². The van der Waals surface area contributed by atoms with Crippen LogP contribution >= 0.6 is 0 Å². The van der Waals surface area contributed by atoms with Gasteiger partial charge in [0.15, 0.2) is 0 Å². The highest BCUT2D eigenvalue weighted by Crippen LogP contribution is 2.33. The molecule has 21 heavy (non-hydrogen) atoms. The van der Waals surface area contributed by atoms with Crippen molar-refractivity contribution in [3.05, 3.63) is 29.3 Å². The van der Waals surface area contributed by atoms with Gasteiger partial charge in [-0.05, 0) is 24.6 Å². The van der Waals surface area contributed by atoms with Gasteiger partial charge in [-0.25, -0.2) is 4.79 Å². The second-order valence-corrected chi connectivity index (χ2v) is 4.39. The first-order valence-corrected chi connectivity index (χ1v) is 6.11. The van der Waals surface area contributed by atoms with Gasteiger partial charge < -0.3 is 20.3 Å². The number of anilines is 1. The third-order valence-electron chi connectivity index (χ3n) is 2.72. The van der Waals surface area contributed by atoms with Crippen LogP contribution in [0.25, 0.3) is 0 Å². The Morgan fingerprint density at radius 2 is 2.10 bits per heavy atom. The van der Waals surface area contributed by atoms with Crippen molar-refractivity contribution in [1.82, 2.24) is 0 Å². The van der Waals surface area contributed by atoms with Gasteiger partial charge in [0.05, 0.1) is 23.8 Å². The van der Waals surface area contributed by atoms with E-state index in [9.17, 15) is 23.1 Å². The van der Waals surface area contributed by atoms with Gasteiger partial charge in [0, 0.05) is 19.3 Å². The molecule has 118 valence electrons. The van der Waals surface area contributed by atoms with Crippen LogP contribution in [0.1, 0.15) is 22.3 Å². The molecule has 0 saturated carbocycles. The lowest BCUT2D eigenvalue weighted by Crippen LogP contribution is -2.19. The summed E-state index contributed by atoms with van der Waals surface area (Å²) in [7, 11) is 1.44. The van der Waals surface area contributed by atoms with Gasteiger partial charge in [-0.1, -0.05) is 0 Å². The third kappa shape index (κ3) is 5.24. The number of rotatable bonds is 7. The van der Waals surface area contributed by atoms with Crippen molar-refractivity contribution >= 4 is 11.7 Å². The van der Waals surface area contributed by atoms with Gasteiger partial charge >= 0.3 is 12.1 Å². The number of aliphatic hydroxyl groups is 1. The number of methoxy groups -OCH3 is 1. The van der Waals surface area contributed by atoms with Gasteiger partial charge in [0.1, 0.15) is 0 Å². The van der Waals surface area contributed by atoms with Crippen LogP contribution in [0.4, 0.5) is 18.9 Å². The molecular weight excluding hydrogens is 291 g/mol. The molecule has 0 amide bonds. The average molecular weight is 307 g/mol. The Hall–Kier alpha value is -1.80. The molecular formula is C13H16F3NO4. The smallest absolute Gasteiger partial charge is 0.417 e. The third-order valence-corrected chi connectivity index (χ3v) is 2.72. The summed E-state index contributed by atoms with van der Waals surface area (Å²) in [4.78, 5) is 10.9. The van der Waals surface area contributed by atoms with Gasteiger partial charge in [0.25, 0.3) is 0 Å². The van der Waals surface area contributed by atoms with Crippen LogP contribution in [0.15, 0.2) is 18.2 Å². The van der Waals surface area contributed by atoms with Crippen LogP contribution < -0.4 is 5.32 Å². The number of carboxylic acids is 1. The van der Waals surface area contributed by atoms with E-state index in [1.807, 2.05) is 0 Å². The average Bonchev–Trinajstić information content (AvgIpc) is 2.37. The topological polar surface area (TPSA) is 78.8 Å². The second kappa shape index (κ2) is 7.28. The summed E-state index contributed by atoms with van der Waals surface area (Å²) in [6.45, 7) is 0.421. The fraction of sp³-hybridized carbons (Fsp3) is 0.462. The Labute approximate surface area is 119 Å².